The molecule has 6 heteroatoms. The second-order valence-corrected chi connectivity index (χ2v) is 7.91. The third kappa shape index (κ3) is 3.99. The predicted octanol–water partition coefficient (Wildman–Crippen LogP) is 4.69. The van der Waals surface area contributed by atoms with E-state index < -0.39 is 0 Å². The minimum atomic E-state index is 0.130. The molecular formula is C20H24Cl2N2O2. The van der Waals surface area contributed by atoms with Gasteiger partial charge in [0.25, 0.3) is 0 Å². The van der Waals surface area contributed by atoms with E-state index in [1.165, 1.54) is 0 Å². The van der Waals surface area contributed by atoms with Crippen LogP contribution < -0.4 is 0 Å². The van der Waals surface area contributed by atoms with E-state index in [1.807, 2.05) is 50.5 Å². The van der Waals surface area contributed by atoms with E-state index in [4.69, 9.17) is 27.9 Å². The number of benzene rings is 1. The Morgan fingerprint density at radius 3 is 2.38 bits per heavy atom. The van der Waals surface area contributed by atoms with Crippen molar-refractivity contribution in [2.75, 3.05) is 19.6 Å². The van der Waals surface area contributed by atoms with Crippen molar-refractivity contribution >= 4 is 29.0 Å². The van der Waals surface area contributed by atoms with Crippen LogP contribution in [-0.4, -0.2) is 47.1 Å². The molecule has 1 aliphatic rings. The third-order valence-corrected chi connectivity index (χ3v) is 5.49. The fourth-order valence-electron chi connectivity index (χ4n) is 3.77. The Balaban J connectivity index is 1.85. The summed E-state index contributed by atoms with van der Waals surface area (Å²) in [6.45, 7) is 10.0. The number of nitrogens with zero attached hydrogens (tertiary/aromatic N) is 2. The van der Waals surface area contributed by atoms with E-state index in [9.17, 15) is 4.79 Å². The zero-order valence-electron chi connectivity index (χ0n) is 15.6. The van der Waals surface area contributed by atoms with Crippen LogP contribution in [0, 0.1) is 13.8 Å². The van der Waals surface area contributed by atoms with Crippen molar-refractivity contribution in [2.45, 2.75) is 39.9 Å². The molecule has 26 heavy (non-hydrogen) atoms. The number of hydrogen-bond donors (Lipinski definition) is 0. The van der Waals surface area contributed by atoms with E-state index in [1.54, 1.807) is 6.07 Å². The molecular weight excluding hydrogens is 371 g/mol. The highest BCUT2D eigenvalue weighted by Gasteiger charge is 2.25. The van der Waals surface area contributed by atoms with E-state index in [2.05, 4.69) is 4.90 Å². The lowest BCUT2D eigenvalue weighted by Crippen LogP contribution is -2.47. The van der Waals surface area contributed by atoms with Gasteiger partial charge >= 0.3 is 0 Å². The van der Waals surface area contributed by atoms with E-state index in [0.717, 1.165) is 35.7 Å². The Bertz CT molecular complexity index is 821. The summed E-state index contributed by atoms with van der Waals surface area (Å²) in [7, 11) is 0. The molecule has 4 nitrogen and oxygen atoms in total. The highest BCUT2D eigenvalue weighted by atomic mass is 35.5. The number of carbonyl (C=O) groups excluding carboxylic acids is 1. The maximum atomic E-state index is 12.9. The Morgan fingerprint density at radius 2 is 1.77 bits per heavy atom. The molecule has 0 saturated carbocycles. The maximum absolute atomic E-state index is 12.9. The first-order valence-corrected chi connectivity index (χ1v) is 9.57. The number of rotatable bonds is 4. The minimum Gasteiger partial charge on any atom is -0.373 e. The van der Waals surface area contributed by atoms with Crippen molar-refractivity contribution in [1.29, 1.82) is 0 Å². The summed E-state index contributed by atoms with van der Waals surface area (Å²) in [5.74, 6) is 0.130. The zero-order valence-corrected chi connectivity index (χ0v) is 17.1. The monoisotopic (exact) mass is 394 g/mol. The molecule has 3 rings (SSSR count). The summed E-state index contributed by atoms with van der Waals surface area (Å²) >= 11 is 12.2. The van der Waals surface area contributed by atoms with Gasteiger partial charge in [0.15, 0.2) is 5.78 Å². The molecule has 0 bridgehead atoms. The molecule has 1 aliphatic heterocycles. The Hall–Kier alpha value is -1.33. The standard InChI is InChI=1S/C20H24Cl2N2O2/c1-12-7-17(20(25)11-23-9-13(2)26-14(3)10-23)15(4)24(12)16-5-6-18(21)19(22)8-16/h5-8,13-14H,9-11H2,1-4H3/t13-,14+. The summed E-state index contributed by atoms with van der Waals surface area (Å²) in [5.41, 5.74) is 3.57. The first-order chi connectivity index (χ1) is 12.3. The smallest absolute Gasteiger partial charge is 0.178 e. The number of Topliss-reactive ketones (excluding diaryl/α,β-unsaturated/α-hetero) is 1. The van der Waals surface area contributed by atoms with E-state index in [-0.39, 0.29) is 18.0 Å². The predicted molar refractivity (Wildman–Crippen MR) is 106 cm³/mol. The van der Waals surface area contributed by atoms with Gasteiger partial charge in [0.1, 0.15) is 0 Å². The highest BCUT2D eigenvalue weighted by Crippen LogP contribution is 2.28. The van der Waals surface area contributed by atoms with Gasteiger partial charge in [-0.2, -0.15) is 0 Å². The average Bonchev–Trinajstić information content (AvgIpc) is 2.84. The Kier molecular flexibility index (Phi) is 5.78. The van der Waals surface area contributed by atoms with Gasteiger partial charge in [-0.1, -0.05) is 23.2 Å². The summed E-state index contributed by atoms with van der Waals surface area (Å²) in [4.78, 5) is 15.1. The lowest BCUT2D eigenvalue weighted by molar-refractivity contribution is -0.0652. The first-order valence-electron chi connectivity index (χ1n) is 8.81. The average molecular weight is 395 g/mol. The molecule has 0 aliphatic carbocycles. The number of morpholine rings is 1. The molecule has 1 fully saturated rings. The third-order valence-electron chi connectivity index (χ3n) is 4.76. The van der Waals surface area contributed by atoms with Crippen LogP contribution >= 0.6 is 23.2 Å². The van der Waals surface area contributed by atoms with Gasteiger partial charge in [0, 0.05) is 35.7 Å². The largest absolute Gasteiger partial charge is 0.373 e. The lowest BCUT2D eigenvalue weighted by atomic mass is 10.1. The van der Waals surface area contributed by atoms with Crippen molar-refractivity contribution < 1.29 is 9.53 Å². The zero-order chi connectivity index (χ0) is 19.0. The summed E-state index contributed by atoms with van der Waals surface area (Å²) < 4.78 is 7.79. The number of aryl methyl sites for hydroxylation is 1. The number of aromatic nitrogens is 1. The molecule has 140 valence electrons. The highest BCUT2D eigenvalue weighted by molar-refractivity contribution is 6.42. The van der Waals surface area contributed by atoms with Crippen LogP contribution in [0.25, 0.3) is 5.69 Å². The summed E-state index contributed by atoms with van der Waals surface area (Å²) in [6.07, 6.45) is 0.297. The molecule has 0 radical (unpaired) electrons. The molecule has 2 heterocycles. The van der Waals surface area contributed by atoms with Crippen molar-refractivity contribution in [3.8, 4) is 5.69 Å². The molecule has 2 atom stereocenters. The molecule has 1 aromatic carbocycles. The maximum Gasteiger partial charge on any atom is 0.178 e. The van der Waals surface area contributed by atoms with E-state index >= 15 is 0 Å². The van der Waals surface area contributed by atoms with Gasteiger partial charge in [0.2, 0.25) is 0 Å². The number of halogens is 2. The Labute approximate surface area is 164 Å². The topological polar surface area (TPSA) is 34.5 Å². The quantitative estimate of drug-likeness (QED) is 0.705. The molecule has 1 aromatic heterocycles. The number of carbonyl (C=O) groups is 1. The Morgan fingerprint density at radius 1 is 1.12 bits per heavy atom. The van der Waals surface area contributed by atoms with Crippen LogP contribution in [0.1, 0.15) is 35.6 Å². The van der Waals surface area contributed by atoms with Crippen LogP contribution in [0.4, 0.5) is 0 Å². The first kappa shape index (κ1) is 19.4. The number of ketones is 1. The van der Waals surface area contributed by atoms with Gasteiger partial charge in [-0.3, -0.25) is 9.69 Å². The lowest BCUT2D eigenvalue weighted by Gasteiger charge is -2.34. The van der Waals surface area contributed by atoms with Crippen LogP contribution in [0.5, 0.6) is 0 Å². The summed E-state index contributed by atoms with van der Waals surface area (Å²) in [5, 5.41) is 1.02. The molecule has 0 amide bonds. The second kappa shape index (κ2) is 7.73. The van der Waals surface area contributed by atoms with Gasteiger partial charge in [-0.25, -0.2) is 0 Å². The van der Waals surface area contributed by atoms with Gasteiger partial charge in [0.05, 0.1) is 28.8 Å². The number of ether oxygens (including phenoxy) is 1. The SMILES string of the molecule is Cc1cc(C(=O)CN2C[C@@H](C)O[C@@H](C)C2)c(C)n1-c1ccc(Cl)c(Cl)c1. The molecule has 2 aromatic rings. The van der Waals surface area contributed by atoms with Crippen molar-refractivity contribution in [3.63, 3.8) is 0 Å². The van der Waals surface area contributed by atoms with Crippen molar-refractivity contribution in [2.24, 2.45) is 0 Å². The summed E-state index contributed by atoms with van der Waals surface area (Å²) in [6, 6.07) is 7.46. The van der Waals surface area contributed by atoms with Crippen LogP contribution in [0.2, 0.25) is 10.0 Å². The molecule has 0 N–H and O–H groups in total. The van der Waals surface area contributed by atoms with Crippen LogP contribution in [-0.2, 0) is 4.74 Å². The van der Waals surface area contributed by atoms with Crippen molar-refractivity contribution in [1.82, 2.24) is 9.47 Å². The molecule has 1 saturated heterocycles. The second-order valence-electron chi connectivity index (χ2n) is 7.09. The minimum absolute atomic E-state index is 0.130. The fraction of sp³-hybridized carbons (Fsp3) is 0.450. The van der Waals surface area contributed by atoms with Crippen LogP contribution in [0.15, 0.2) is 24.3 Å². The van der Waals surface area contributed by atoms with Gasteiger partial charge in [-0.15, -0.1) is 0 Å². The fourth-order valence-corrected chi connectivity index (χ4v) is 4.06. The van der Waals surface area contributed by atoms with Crippen LogP contribution in [0.3, 0.4) is 0 Å². The number of hydrogen-bond acceptors (Lipinski definition) is 3. The van der Waals surface area contributed by atoms with Crippen molar-refractivity contribution in [3.05, 3.63) is 51.3 Å². The molecule has 0 unspecified atom stereocenters. The van der Waals surface area contributed by atoms with Gasteiger partial charge in [-0.05, 0) is 52.0 Å². The van der Waals surface area contributed by atoms with E-state index in [0.29, 0.717) is 16.6 Å². The normalized spacial score (nSPS) is 21.2. The molecule has 0 spiro atoms. The van der Waals surface area contributed by atoms with Gasteiger partial charge < -0.3 is 9.30 Å².